The smallest absolute Gasteiger partial charge is 0.143 e. The quantitative estimate of drug-likeness (QED) is 0.129. The maximum absolute atomic E-state index is 7.21. The van der Waals surface area contributed by atoms with E-state index in [4.69, 9.17) is 4.42 Å². The van der Waals surface area contributed by atoms with Gasteiger partial charge in [-0.1, -0.05) is 119 Å². The first-order valence-corrected chi connectivity index (χ1v) is 22.7. The van der Waals surface area contributed by atoms with Gasteiger partial charge in [0.2, 0.25) is 0 Å². The fourth-order valence-electron chi connectivity index (χ4n) is 11.8. The zero-order valence-corrected chi connectivity index (χ0v) is 40.9. The Kier molecular flexibility index (Phi) is 10.2. The maximum atomic E-state index is 7.21. The molecule has 0 aliphatic rings. The van der Waals surface area contributed by atoms with Crippen LogP contribution in [0.4, 0.5) is 0 Å². The molecule has 9 aromatic rings. The molecular weight excluding hydrogens is 726 g/mol. The van der Waals surface area contributed by atoms with Gasteiger partial charge in [0, 0.05) is 16.3 Å². The first-order chi connectivity index (χ1) is 29.3. The molecule has 1 heterocycles. The fraction of sp³-hybridized carbons (Fsp3) is 0. The van der Waals surface area contributed by atoms with E-state index in [1.54, 1.807) is 0 Å². The van der Waals surface area contributed by atoms with Crippen molar-refractivity contribution in [1.29, 1.82) is 0 Å². The lowest BCUT2D eigenvalue weighted by Gasteiger charge is -2.31. The average molecular weight is 771 g/mol. The minimum Gasteiger partial charge on any atom is -0.456 e. The van der Waals surface area contributed by atoms with Crippen LogP contribution in [0.1, 0.15) is 0 Å². The summed E-state index contributed by atoms with van der Waals surface area (Å²) in [6.45, 7) is 0. The van der Waals surface area contributed by atoms with Gasteiger partial charge in [0.1, 0.15) is 160 Å². The number of hydrogen-bond donors (Lipinski definition) is 0. The molecule has 0 atom stereocenters. The Bertz CT molecular complexity index is 3460. The molecular formula is C42H45B19O. The van der Waals surface area contributed by atoms with Crippen LogP contribution >= 0.6 is 0 Å². The second-order valence-corrected chi connectivity index (χ2v) is 19.3. The Labute approximate surface area is 385 Å². The molecule has 0 radical (unpaired) electrons. The lowest BCUT2D eigenvalue weighted by Crippen LogP contribution is -2.51. The summed E-state index contributed by atoms with van der Waals surface area (Å²) >= 11 is 0. The summed E-state index contributed by atoms with van der Waals surface area (Å²) in [5.41, 5.74) is 35.7. The molecule has 0 aliphatic carbocycles. The van der Waals surface area contributed by atoms with Crippen molar-refractivity contribution in [2.24, 2.45) is 0 Å². The molecule has 0 spiro atoms. The first-order valence-electron chi connectivity index (χ1n) is 22.7. The van der Waals surface area contributed by atoms with Crippen LogP contribution in [0.5, 0.6) is 0 Å². The van der Waals surface area contributed by atoms with Gasteiger partial charge in [-0.2, -0.15) is 0 Å². The summed E-state index contributed by atoms with van der Waals surface area (Å²) in [6, 6.07) is 15.8. The summed E-state index contributed by atoms with van der Waals surface area (Å²) in [4.78, 5) is 0. The van der Waals surface area contributed by atoms with Gasteiger partial charge in [0.15, 0.2) is 0 Å². The Balaban J connectivity index is 1.52. The topological polar surface area (TPSA) is 13.1 Å². The van der Waals surface area contributed by atoms with Crippen molar-refractivity contribution >= 4 is 307 Å². The van der Waals surface area contributed by atoms with E-state index in [1.807, 2.05) is 0 Å². The van der Waals surface area contributed by atoms with Gasteiger partial charge in [-0.3, -0.25) is 0 Å². The van der Waals surface area contributed by atoms with Gasteiger partial charge < -0.3 is 4.42 Å². The van der Waals surface area contributed by atoms with Crippen LogP contribution in [0.25, 0.3) is 87.6 Å². The largest absolute Gasteiger partial charge is 0.456 e. The van der Waals surface area contributed by atoms with Crippen LogP contribution in [-0.2, 0) is 0 Å². The van der Waals surface area contributed by atoms with Crippen LogP contribution in [-0.4, -0.2) is 149 Å². The molecule has 276 valence electrons. The third-order valence-corrected chi connectivity index (χ3v) is 17.0. The summed E-state index contributed by atoms with van der Waals surface area (Å²) in [5, 5.41) is 10.7. The zero-order valence-electron chi connectivity index (χ0n) is 40.9. The third-order valence-electron chi connectivity index (χ3n) is 17.0. The molecule has 0 bridgehead atoms. The second kappa shape index (κ2) is 14.8. The van der Waals surface area contributed by atoms with Gasteiger partial charge in [-0.05, 0) is 60.1 Å². The molecule has 0 amide bonds. The molecule has 1 nitrogen and oxygen atoms in total. The predicted octanol–water partition coefficient (Wildman–Crippen LogP) is -21.0. The van der Waals surface area contributed by atoms with Crippen molar-refractivity contribution in [3.63, 3.8) is 0 Å². The molecule has 0 fully saturated rings. The van der Waals surface area contributed by atoms with Crippen molar-refractivity contribution in [1.82, 2.24) is 0 Å². The van der Waals surface area contributed by atoms with E-state index in [2.05, 4.69) is 192 Å². The van der Waals surface area contributed by atoms with Crippen LogP contribution < -0.4 is 104 Å². The van der Waals surface area contributed by atoms with Crippen molar-refractivity contribution < 1.29 is 4.42 Å². The molecule has 1 aromatic heterocycles. The van der Waals surface area contributed by atoms with Gasteiger partial charge in [0.05, 0.1) is 0 Å². The summed E-state index contributed by atoms with van der Waals surface area (Å²) in [7, 11) is 44.4. The van der Waals surface area contributed by atoms with Gasteiger partial charge in [-0.15, -0.1) is 27.3 Å². The van der Waals surface area contributed by atoms with Crippen LogP contribution in [0.15, 0.2) is 46.9 Å². The van der Waals surface area contributed by atoms with E-state index in [0.29, 0.717) is 0 Å². The van der Waals surface area contributed by atoms with Crippen molar-refractivity contribution in [3.8, 4) is 33.4 Å². The summed E-state index contributed by atoms with van der Waals surface area (Å²) < 4.78 is 7.21. The lowest BCUT2D eigenvalue weighted by molar-refractivity contribution is 0.673. The molecule has 9 rings (SSSR count). The van der Waals surface area contributed by atoms with E-state index in [0.717, 1.165) is 11.2 Å². The maximum Gasteiger partial charge on any atom is 0.143 e. The van der Waals surface area contributed by atoms with E-state index in [1.165, 1.54) is 180 Å². The highest BCUT2D eigenvalue weighted by molar-refractivity contribution is 6.74. The van der Waals surface area contributed by atoms with Crippen LogP contribution in [0.3, 0.4) is 0 Å². The predicted molar refractivity (Wildman–Crippen MR) is 338 cm³/mol. The monoisotopic (exact) mass is 775 g/mol. The highest BCUT2D eigenvalue weighted by atomic mass is 16.3. The van der Waals surface area contributed by atoms with Crippen molar-refractivity contribution in [2.75, 3.05) is 0 Å². The molecule has 8 aromatic carbocycles. The minimum absolute atomic E-state index is 1.03. The molecule has 0 aliphatic heterocycles. The SMILES string of the molecule is Bc1c(B)c(-c2c3c(B)c(B)c(B)c(B)c3c(-c3cccc4ccccc34)c3c(B)c(B)c(B)c(B)c23)c(B)c(B)c1-c1c(B)c(B)c(B)c2c1oc1c(B)c(B)c(B)c(B)c12. The standard InChI is InChI=1S/C42H45B19O/c43-22-13-11(10-7-3-5-8-4-1-2-6-9(8)10)14-16(25(46)37(58)35(56)23(14)44)12(15(13)24(45)36(57)34(22)55)17-26(47)28(49)18(29(50)27(17)48)19-30(51)33(54)31(52)20-21-32(53)38(59)39(60)40(61)42(21)62-41(19)20/h1-7H,43-61H2. The molecule has 20 heteroatoms. The molecule has 62 heavy (non-hydrogen) atoms. The number of rotatable bonds is 3. The minimum atomic E-state index is 1.03. The highest BCUT2D eigenvalue weighted by Crippen LogP contribution is 2.42. The normalized spacial score (nSPS) is 11.8. The Morgan fingerprint density at radius 1 is 0.242 bits per heavy atom. The molecule has 0 N–H and O–H groups in total. The van der Waals surface area contributed by atoms with Crippen LogP contribution in [0, 0.1) is 0 Å². The van der Waals surface area contributed by atoms with E-state index in [-0.39, 0.29) is 0 Å². The highest BCUT2D eigenvalue weighted by Gasteiger charge is 2.30. The average Bonchev–Trinajstić information content (AvgIpc) is 3.67. The lowest BCUT2D eigenvalue weighted by atomic mass is 9.56. The molecule has 0 unspecified atom stereocenters. The van der Waals surface area contributed by atoms with E-state index >= 15 is 0 Å². The molecule has 0 saturated carbocycles. The third kappa shape index (κ3) is 5.56. The second-order valence-electron chi connectivity index (χ2n) is 19.3. The Morgan fingerprint density at radius 3 is 1.06 bits per heavy atom. The summed E-state index contributed by atoms with van der Waals surface area (Å²) in [5.74, 6) is 0. The zero-order chi connectivity index (χ0) is 44.9. The van der Waals surface area contributed by atoms with Gasteiger partial charge >= 0.3 is 0 Å². The fourth-order valence-corrected chi connectivity index (χ4v) is 11.8. The Hall–Kier alpha value is -4.43. The van der Waals surface area contributed by atoms with Gasteiger partial charge in [-0.25, -0.2) is 0 Å². The van der Waals surface area contributed by atoms with Crippen molar-refractivity contribution in [2.45, 2.75) is 0 Å². The number of hydrogen-bond acceptors (Lipinski definition) is 1. The van der Waals surface area contributed by atoms with E-state index in [9.17, 15) is 0 Å². The van der Waals surface area contributed by atoms with Crippen LogP contribution in [0.2, 0.25) is 0 Å². The van der Waals surface area contributed by atoms with E-state index < -0.39 is 0 Å². The van der Waals surface area contributed by atoms with Gasteiger partial charge in [0.25, 0.3) is 0 Å². The summed E-state index contributed by atoms with van der Waals surface area (Å²) in [6.07, 6.45) is 0. The number of benzene rings is 8. The number of fused-ring (bicyclic) bond motifs is 6. The first kappa shape index (κ1) is 42.9. The number of furan rings is 1. The Morgan fingerprint density at radius 2 is 0.581 bits per heavy atom. The van der Waals surface area contributed by atoms with Crippen molar-refractivity contribution in [3.05, 3.63) is 42.5 Å². The molecule has 0 saturated heterocycles.